The summed E-state index contributed by atoms with van der Waals surface area (Å²) >= 11 is 0. The molecule has 0 aromatic heterocycles. The fourth-order valence-electron chi connectivity index (χ4n) is 8.06. The van der Waals surface area contributed by atoms with Gasteiger partial charge in [0.1, 0.15) is 0 Å². The van der Waals surface area contributed by atoms with Gasteiger partial charge in [0.15, 0.2) is 0 Å². The van der Waals surface area contributed by atoms with Gasteiger partial charge in [-0.1, -0.05) is 32.6 Å². The number of hydrogen-bond acceptors (Lipinski definition) is 4. The molecule has 2 aliphatic carbocycles. The molecule has 4 bridgehead atoms. The van der Waals surface area contributed by atoms with Crippen LogP contribution in [0.2, 0.25) is 0 Å². The molecule has 0 radical (unpaired) electrons. The maximum atomic E-state index is 3.00. The first-order valence-electron chi connectivity index (χ1n) is 13.7. The summed E-state index contributed by atoms with van der Waals surface area (Å²) in [5, 5.41) is 0. The maximum Gasteiger partial charge on any atom is 0.0254 e. The van der Waals surface area contributed by atoms with Crippen molar-refractivity contribution in [3.63, 3.8) is 0 Å². The lowest BCUT2D eigenvalue weighted by Gasteiger charge is -2.48. The summed E-state index contributed by atoms with van der Waals surface area (Å²) in [5.41, 5.74) is 0. The molecule has 0 aromatic carbocycles. The van der Waals surface area contributed by atoms with Crippen molar-refractivity contribution in [2.75, 3.05) is 45.8 Å². The van der Waals surface area contributed by atoms with Gasteiger partial charge in [0, 0.05) is 43.3 Å². The Balaban J connectivity index is 1.44. The van der Waals surface area contributed by atoms with Crippen molar-refractivity contribution >= 4 is 0 Å². The van der Waals surface area contributed by atoms with Crippen LogP contribution in [0, 0.1) is 5.92 Å². The van der Waals surface area contributed by atoms with Crippen LogP contribution in [0.4, 0.5) is 0 Å². The van der Waals surface area contributed by atoms with Gasteiger partial charge in [-0.3, -0.25) is 19.6 Å². The smallest absolute Gasteiger partial charge is 0.0254 e. The second-order valence-corrected chi connectivity index (χ2v) is 11.4. The van der Waals surface area contributed by atoms with Gasteiger partial charge in [-0.25, -0.2) is 0 Å². The molecule has 5 rings (SSSR count). The quantitative estimate of drug-likeness (QED) is 0.590. The van der Waals surface area contributed by atoms with E-state index in [1.54, 1.807) is 0 Å². The SMILES string of the molecule is CC1CN2CCCN(CCCN3CCCN(C1C)C1CCCCC13)C1CCCCC12. The molecule has 172 valence electrons. The van der Waals surface area contributed by atoms with E-state index in [2.05, 4.69) is 33.4 Å². The molecule has 30 heavy (non-hydrogen) atoms. The Morgan fingerprint density at radius 3 is 1.50 bits per heavy atom. The van der Waals surface area contributed by atoms with Gasteiger partial charge in [0.25, 0.3) is 0 Å². The van der Waals surface area contributed by atoms with Crippen molar-refractivity contribution in [3.8, 4) is 0 Å². The van der Waals surface area contributed by atoms with Gasteiger partial charge >= 0.3 is 0 Å². The van der Waals surface area contributed by atoms with Crippen LogP contribution >= 0.6 is 0 Å². The predicted molar refractivity (Wildman–Crippen MR) is 126 cm³/mol. The predicted octanol–water partition coefficient (Wildman–Crippen LogP) is 4.05. The van der Waals surface area contributed by atoms with Gasteiger partial charge in [-0.2, -0.15) is 0 Å². The molecule has 3 saturated heterocycles. The zero-order valence-corrected chi connectivity index (χ0v) is 20.0. The minimum absolute atomic E-state index is 0.722. The first kappa shape index (κ1) is 21.7. The second kappa shape index (κ2) is 9.77. The van der Waals surface area contributed by atoms with Crippen LogP contribution in [-0.4, -0.2) is 95.6 Å². The van der Waals surface area contributed by atoms with E-state index in [-0.39, 0.29) is 0 Å². The fourth-order valence-corrected chi connectivity index (χ4v) is 8.06. The normalized spacial score (nSPS) is 50.6. The lowest BCUT2D eigenvalue weighted by Crippen LogP contribution is -2.57. The average molecular weight is 417 g/mol. The first-order chi connectivity index (χ1) is 14.7. The van der Waals surface area contributed by atoms with Crippen molar-refractivity contribution < 1.29 is 0 Å². The minimum Gasteiger partial charge on any atom is -0.299 e. The first-order valence-corrected chi connectivity index (χ1v) is 13.7. The van der Waals surface area contributed by atoms with Gasteiger partial charge in [-0.05, 0) is 90.5 Å². The van der Waals surface area contributed by atoms with Crippen molar-refractivity contribution in [1.82, 2.24) is 19.6 Å². The molecule has 10 unspecified atom stereocenters. The topological polar surface area (TPSA) is 13.0 Å². The Morgan fingerprint density at radius 2 is 0.900 bits per heavy atom. The Kier molecular flexibility index (Phi) is 7.06. The van der Waals surface area contributed by atoms with E-state index >= 15 is 0 Å². The summed E-state index contributed by atoms with van der Waals surface area (Å²) in [5.74, 6) is 0.774. The zero-order chi connectivity index (χ0) is 20.5. The van der Waals surface area contributed by atoms with E-state index in [9.17, 15) is 0 Å². The summed E-state index contributed by atoms with van der Waals surface area (Å²) in [6.45, 7) is 14.5. The van der Waals surface area contributed by atoms with E-state index in [0.717, 1.165) is 36.1 Å². The highest BCUT2D eigenvalue weighted by Crippen LogP contribution is 2.35. The molecule has 0 aromatic rings. The minimum atomic E-state index is 0.722. The Hall–Kier alpha value is -0.160. The molecular formula is C26H48N4. The van der Waals surface area contributed by atoms with Crippen LogP contribution in [0.25, 0.3) is 0 Å². The maximum absolute atomic E-state index is 3.00. The fraction of sp³-hybridized carbons (Fsp3) is 1.00. The molecule has 5 aliphatic rings. The van der Waals surface area contributed by atoms with Gasteiger partial charge in [0.2, 0.25) is 0 Å². The lowest BCUT2D eigenvalue weighted by molar-refractivity contribution is 0.0140. The average Bonchev–Trinajstić information content (AvgIpc) is 3.06. The van der Waals surface area contributed by atoms with Gasteiger partial charge < -0.3 is 0 Å². The van der Waals surface area contributed by atoms with E-state index < -0.39 is 0 Å². The summed E-state index contributed by atoms with van der Waals surface area (Å²) in [6.07, 6.45) is 15.8. The Bertz CT molecular complexity index is 551. The van der Waals surface area contributed by atoms with Gasteiger partial charge in [-0.15, -0.1) is 0 Å². The highest BCUT2D eigenvalue weighted by atomic mass is 15.3. The molecule has 4 heteroatoms. The molecule has 5 fully saturated rings. The summed E-state index contributed by atoms with van der Waals surface area (Å²) in [7, 11) is 0. The third-order valence-corrected chi connectivity index (χ3v) is 9.73. The van der Waals surface area contributed by atoms with E-state index in [1.165, 1.54) is 116 Å². The van der Waals surface area contributed by atoms with Gasteiger partial charge in [0.05, 0.1) is 0 Å². The molecule has 0 N–H and O–H groups in total. The van der Waals surface area contributed by atoms with Crippen molar-refractivity contribution in [1.29, 1.82) is 0 Å². The number of nitrogens with zero attached hydrogens (tertiary/aromatic N) is 4. The lowest BCUT2D eigenvalue weighted by atomic mass is 9.85. The molecule has 0 amide bonds. The highest BCUT2D eigenvalue weighted by molar-refractivity contribution is 4.98. The monoisotopic (exact) mass is 416 g/mol. The largest absolute Gasteiger partial charge is 0.299 e. The number of rotatable bonds is 0. The van der Waals surface area contributed by atoms with Crippen LogP contribution in [0.1, 0.15) is 84.5 Å². The molecule has 3 heterocycles. The highest BCUT2D eigenvalue weighted by Gasteiger charge is 2.41. The van der Waals surface area contributed by atoms with Crippen molar-refractivity contribution in [3.05, 3.63) is 0 Å². The van der Waals surface area contributed by atoms with Crippen LogP contribution in [0.5, 0.6) is 0 Å². The summed E-state index contributed by atoms with van der Waals surface area (Å²) in [6, 6.07) is 4.04. The Labute approximate surface area is 186 Å². The summed E-state index contributed by atoms with van der Waals surface area (Å²) < 4.78 is 0. The molecule has 4 nitrogen and oxygen atoms in total. The van der Waals surface area contributed by atoms with Crippen LogP contribution in [0.15, 0.2) is 0 Å². The van der Waals surface area contributed by atoms with Crippen LogP contribution in [-0.2, 0) is 0 Å². The third kappa shape index (κ3) is 4.36. The Morgan fingerprint density at radius 1 is 0.467 bits per heavy atom. The zero-order valence-electron chi connectivity index (χ0n) is 20.0. The standard InChI is InChI=1S/C26H48N4/c1-21-20-29-18-8-16-27(23-10-3-4-11-24(23)29)14-7-15-28-17-9-19-30(22(21)2)26-13-6-5-12-25(26)28/h21-26H,3-20H2,1-2H3. The third-order valence-electron chi connectivity index (χ3n) is 9.73. The van der Waals surface area contributed by atoms with E-state index in [0.29, 0.717) is 0 Å². The van der Waals surface area contributed by atoms with E-state index in [4.69, 9.17) is 0 Å². The number of hydrogen-bond donors (Lipinski definition) is 0. The molecule has 2 saturated carbocycles. The van der Waals surface area contributed by atoms with Crippen molar-refractivity contribution in [2.24, 2.45) is 5.92 Å². The molecule has 3 aliphatic heterocycles. The molecule has 10 atom stereocenters. The van der Waals surface area contributed by atoms with Crippen LogP contribution in [0.3, 0.4) is 0 Å². The molecule has 0 spiro atoms. The second-order valence-electron chi connectivity index (χ2n) is 11.4. The summed E-state index contributed by atoms with van der Waals surface area (Å²) in [4.78, 5) is 11.9. The van der Waals surface area contributed by atoms with Crippen LogP contribution < -0.4 is 0 Å². The van der Waals surface area contributed by atoms with Crippen molar-refractivity contribution in [2.45, 2.75) is 115 Å². The molecular weight excluding hydrogens is 368 g/mol. The van der Waals surface area contributed by atoms with E-state index in [1.807, 2.05) is 0 Å².